The molecule has 3 aromatic carbocycles. The minimum absolute atomic E-state index is 0.0589. The van der Waals surface area contributed by atoms with Crippen molar-refractivity contribution in [3.63, 3.8) is 0 Å². The largest absolute Gasteiger partial charge is 0.481 e. The summed E-state index contributed by atoms with van der Waals surface area (Å²) in [5, 5.41) is 22.8. The van der Waals surface area contributed by atoms with Gasteiger partial charge in [-0.2, -0.15) is 0 Å². The van der Waals surface area contributed by atoms with E-state index in [1.807, 2.05) is 30.3 Å². The molecule has 0 unspecified atom stereocenters. The van der Waals surface area contributed by atoms with Crippen molar-refractivity contribution in [1.82, 2.24) is 10.2 Å². The van der Waals surface area contributed by atoms with Gasteiger partial charge in [0, 0.05) is 11.3 Å². The lowest BCUT2D eigenvalue weighted by molar-refractivity contribution is -0.136. The van der Waals surface area contributed by atoms with Crippen molar-refractivity contribution in [3.8, 4) is 22.1 Å². The van der Waals surface area contributed by atoms with Gasteiger partial charge in [0.1, 0.15) is 16.5 Å². The molecule has 0 spiro atoms. The SMILES string of the molecule is O=C(O)Cc1cccc(Oc2cccc(-c3nnc(Nc4ccc(Cl)c(Cl)c4)s3)c2)c1. The molecule has 0 bridgehead atoms. The Labute approximate surface area is 192 Å². The molecule has 2 N–H and O–H groups in total. The maximum atomic E-state index is 10.9. The summed E-state index contributed by atoms with van der Waals surface area (Å²) < 4.78 is 5.91. The van der Waals surface area contributed by atoms with Gasteiger partial charge >= 0.3 is 5.97 Å². The lowest BCUT2D eigenvalue weighted by Gasteiger charge is -2.08. The number of aliphatic carboxylic acids is 1. The maximum absolute atomic E-state index is 10.9. The Morgan fingerprint density at radius 3 is 2.52 bits per heavy atom. The molecular weight excluding hydrogens is 457 g/mol. The van der Waals surface area contributed by atoms with Crippen LogP contribution in [0, 0.1) is 0 Å². The zero-order valence-corrected chi connectivity index (χ0v) is 18.2. The number of anilines is 2. The van der Waals surface area contributed by atoms with Crippen LogP contribution in [0.15, 0.2) is 66.7 Å². The molecule has 31 heavy (non-hydrogen) atoms. The van der Waals surface area contributed by atoms with E-state index in [1.165, 1.54) is 11.3 Å². The standard InChI is InChI=1S/C22H15Cl2N3O3S/c23-18-8-7-15(12-19(18)24)25-22-27-26-21(31-22)14-4-2-6-17(11-14)30-16-5-1-3-13(9-16)10-20(28)29/h1-9,11-12H,10H2,(H,25,27)(H,28,29). The number of halogens is 2. The molecule has 0 aliphatic rings. The topological polar surface area (TPSA) is 84.3 Å². The van der Waals surface area contributed by atoms with Gasteiger partial charge in [-0.1, -0.05) is 58.8 Å². The van der Waals surface area contributed by atoms with Gasteiger partial charge in [-0.3, -0.25) is 4.79 Å². The number of rotatable bonds is 7. The highest BCUT2D eigenvalue weighted by Gasteiger charge is 2.10. The fourth-order valence-corrected chi connectivity index (χ4v) is 3.87. The summed E-state index contributed by atoms with van der Waals surface area (Å²) >= 11 is 13.4. The summed E-state index contributed by atoms with van der Waals surface area (Å²) in [7, 11) is 0. The van der Waals surface area contributed by atoms with E-state index in [0.717, 1.165) is 11.3 Å². The third-order valence-electron chi connectivity index (χ3n) is 4.17. The third kappa shape index (κ3) is 5.52. The Kier molecular flexibility index (Phi) is 6.36. The summed E-state index contributed by atoms with van der Waals surface area (Å²) in [5.41, 5.74) is 2.28. The van der Waals surface area contributed by atoms with Crippen LogP contribution in [0.4, 0.5) is 10.8 Å². The van der Waals surface area contributed by atoms with E-state index in [9.17, 15) is 4.79 Å². The fraction of sp³-hybridized carbons (Fsp3) is 0.0455. The summed E-state index contributed by atoms with van der Waals surface area (Å²) in [6, 6.07) is 19.7. The lowest BCUT2D eigenvalue weighted by Crippen LogP contribution is -1.99. The van der Waals surface area contributed by atoms with Crippen LogP contribution in [0.2, 0.25) is 10.0 Å². The van der Waals surface area contributed by atoms with Crippen LogP contribution in [0.5, 0.6) is 11.5 Å². The molecule has 0 aliphatic carbocycles. The zero-order chi connectivity index (χ0) is 21.8. The number of ether oxygens (including phenoxy) is 1. The molecule has 4 rings (SSSR count). The number of carbonyl (C=O) groups is 1. The molecule has 0 aliphatic heterocycles. The first kappa shape index (κ1) is 21.1. The highest BCUT2D eigenvalue weighted by Crippen LogP contribution is 2.33. The second-order valence-electron chi connectivity index (χ2n) is 6.51. The van der Waals surface area contributed by atoms with Crippen LogP contribution >= 0.6 is 34.5 Å². The van der Waals surface area contributed by atoms with Gasteiger partial charge in [-0.15, -0.1) is 10.2 Å². The van der Waals surface area contributed by atoms with E-state index in [4.69, 9.17) is 33.0 Å². The average molecular weight is 472 g/mol. The molecule has 0 saturated carbocycles. The molecule has 1 aromatic heterocycles. The Morgan fingerprint density at radius 1 is 0.968 bits per heavy atom. The van der Waals surface area contributed by atoms with Gasteiger partial charge in [0.15, 0.2) is 0 Å². The average Bonchev–Trinajstić information content (AvgIpc) is 3.19. The summed E-state index contributed by atoms with van der Waals surface area (Å²) in [6.07, 6.45) is -0.0589. The quantitative estimate of drug-likeness (QED) is 0.312. The molecule has 9 heteroatoms. The monoisotopic (exact) mass is 471 g/mol. The van der Waals surface area contributed by atoms with Gasteiger partial charge in [-0.05, 0) is 48.0 Å². The van der Waals surface area contributed by atoms with Crippen molar-refractivity contribution < 1.29 is 14.6 Å². The number of aromatic nitrogens is 2. The fourth-order valence-electron chi connectivity index (χ4n) is 2.81. The molecule has 156 valence electrons. The molecular formula is C22H15Cl2N3O3S. The first-order valence-corrected chi connectivity index (χ1v) is 10.7. The highest BCUT2D eigenvalue weighted by atomic mass is 35.5. The van der Waals surface area contributed by atoms with Crippen LogP contribution in [0.3, 0.4) is 0 Å². The maximum Gasteiger partial charge on any atom is 0.307 e. The molecule has 0 saturated heterocycles. The molecule has 0 amide bonds. The van der Waals surface area contributed by atoms with Gasteiger partial charge in [0.2, 0.25) is 5.13 Å². The predicted octanol–water partition coefficient (Wildman–Crippen LogP) is 6.67. The third-order valence-corrected chi connectivity index (χ3v) is 5.79. The molecule has 1 heterocycles. The molecule has 0 atom stereocenters. The Balaban J connectivity index is 1.50. The van der Waals surface area contributed by atoms with Crippen molar-refractivity contribution in [2.24, 2.45) is 0 Å². The van der Waals surface area contributed by atoms with E-state index in [2.05, 4.69) is 15.5 Å². The Hall–Kier alpha value is -3.13. The smallest absolute Gasteiger partial charge is 0.307 e. The number of nitrogens with zero attached hydrogens (tertiary/aromatic N) is 2. The van der Waals surface area contributed by atoms with Crippen molar-refractivity contribution in [2.75, 3.05) is 5.32 Å². The van der Waals surface area contributed by atoms with Crippen LogP contribution in [0.25, 0.3) is 10.6 Å². The number of benzene rings is 3. The van der Waals surface area contributed by atoms with Gasteiger partial charge in [-0.25, -0.2) is 0 Å². The van der Waals surface area contributed by atoms with Gasteiger partial charge in [0.25, 0.3) is 0 Å². The molecule has 4 aromatic rings. The van der Waals surface area contributed by atoms with E-state index in [1.54, 1.807) is 36.4 Å². The number of carboxylic acid groups (broad SMARTS) is 1. The van der Waals surface area contributed by atoms with E-state index < -0.39 is 5.97 Å². The van der Waals surface area contributed by atoms with Crippen LogP contribution in [-0.4, -0.2) is 21.3 Å². The van der Waals surface area contributed by atoms with Crippen LogP contribution < -0.4 is 10.1 Å². The van der Waals surface area contributed by atoms with E-state index in [-0.39, 0.29) is 6.42 Å². The highest BCUT2D eigenvalue weighted by molar-refractivity contribution is 7.18. The van der Waals surface area contributed by atoms with Crippen molar-refractivity contribution in [1.29, 1.82) is 0 Å². The van der Waals surface area contributed by atoms with Crippen molar-refractivity contribution >= 4 is 51.3 Å². The minimum atomic E-state index is -0.888. The molecule has 0 radical (unpaired) electrons. The number of hydrogen-bond donors (Lipinski definition) is 2. The zero-order valence-electron chi connectivity index (χ0n) is 15.9. The Bertz CT molecular complexity index is 1250. The summed E-state index contributed by atoms with van der Waals surface area (Å²) in [5.74, 6) is 0.287. The van der Waals surface area contributed by atoms with Gasteiger partial charge < -0.3 is 15.2 Å². The van der Waals surface area contributed by atoms with Gasteiger partial charge in [0.05, 0.1) is 16.5 Å². The molecule has 6 nitrogen and oxygen atoms in total. The summed E-state index contributed by atoms with van der Waals surface area (Å²) in [6.45, 7) is 0. The lowest BCUT2D eigenvalue weighted by atomic mass is 10.1. The first-order chi connectivity index (χ1) is 15.0. The Morgan fingerprint density at radius 2 is 1.74 bits per heavy atom. The normalized spacial score (nSPS) is 10.6. The van der Waals surface area contributed by atoms with Crippen molar-refractivity contribution in [3.05, 3.63) is 82.3 Å². The second-order valence-corrected chi connectivity index (χ2v) is 8.31. The predicted molar refractivity (Wildman–Crippen MR) is 123 cm³/mol. The number of carboxylic acids is 1. The minimum Gasteiger partial charge on any atom is -0.481 e. The number of hydrogen-bond acceptors (Lipinski definition) is 6. The summed E-state index contributed by atoms with van der Waals surface area (Å²) in [4.78, 5) is 10.9. The number of nitrogens with one attached hydrogen (secondary N) is 1. The first-order valence-electron chi connectivity index (χ1n) is 9.11. The van der Waals surface area contributed by atoms with E-state index in [0.29, 0.717) is 37.2 Å². The van der Waals surface area contributed by atoms with Crippen LogP contribution in [-0.2, 0) is 11.2 Å². The van der Waals surface area contributed by atoms with E-state index >= 15 is 0 Å². The van der Waals surface area contributed by atoms with Crippen molar-refractivity contribution in [2.45, 2.75) is 6.42 Å². The molecule has 0 fully saturated rings. The second kappa shape index (κ2) is 9.34. The van der Waals surface area contributed by atoms with Crippen LogP contribution in [0.1, 0.15) is 5.56 Å².